The van der Waals surface area contributed by atoms with E-state index in [4.69, 9.17) is 0 Å². The van der Waals surface area contributed by atoms with Gasteiger partial charge in [0.2, 0.25) is 11.8 Å². The average Bonchev–Trinajstić information content (AvgIpc) is 2.85. The summed E-state index contributed by atoms with van der Waals surface area (Å²) in [5.74, 6) is -0.258. The zero-order valence-corrected chi connectivity index (χ0v) is 12.3. The number of anilines is 1. The highest BCUT2D eigenvalue weighted by molar-refractivity contribution is 7.13. The number of amides is 2. The molecule has 1 heterocycles. The van der Waals surface area contributed by atoms with Crippen LogP contribution in [0.15, 0.2) is 11.6 Å². The minimum Gasteiger partial charge on any atom is -0.334 e. The van der Waals surface area contributed by atoms with Crippen molar-refractivity contribution in [1.82, 2.24) is 9.88 Å². The molecule has 0 saturated carbocycles. The predicted molar refractivity (Wildman–Crippen MR) is 77.1 cm³/mol. The van der Waals surface area contributed by atoms with E-state index in [0.29, 0.717) is 11.7 Å². The number of hydrogen-bond acceptors (Lipinski definition) is 4. The average molecular weight is 283 g/mol. The van der Waals surface area contributed by atoms with Crippen molar-refractivity contribution in [2.24, 2.45) is 0 Å². The van der Waals surface area contributed by atoms with Crippen LogP contribution in [0.2, 0.25) is 0 Å². The SMILES string of the molecule is CCCCCCN(CC(=O)Nc1nccs1)C(C)=O. The Hall–Kier alpha value is -1.43. The van der Waals surface area contributed by atoms with Gasteiger partial charge in [0.15, 0.2) is 5.13 Å². The molecule has 6 heteroatoms. The third-order valence-electron chi connectivity index (χ3n) is 2.74. The van der Waals surface area contributed by atoms with E-state index in [2.05, 4.69) is 17.2 Å². The summed E-state index contributed by atoms with van der Waals surface area (Å²) >= 11 is 1.36. The van der Waals surface area contributed by atoms with Gasteiger partial charge in [-0.05, 0) is 6.42 Å². The Bertz CT molecular complexity index is 393. The highest BCUT2D eigenvalue weighted by atomic mass is 32.1. The van der Waals surface area contributed by atoms with Crippen molar-refractivity contribution in [3.05, 3.63) is 11.6 Å². The maximum Gasteiger partial charge on any atom is 0.245 e. The first kappa shape index (κ1) is 15.6. The molecule has 0 radical (unpaired) electrons. The number of thiazole rings is 1. The van der Waals surface area contributed by atoms with Crippen molar-refractivity contribution in [2.45, 2.75) is 39.5 Å². The van der Waals surface area contributed by atoms with Crippen LogP contribution in [0.25, 0.3) is 0 Å². The first-order valence-electron chi connectivity index (χ1n) is 6.58. The van der Waals surface area contributed by atoms with Gasteiger partial charge in [-0.2, -0.15) is 0 Å². The number of rotatable bonds is 8. The molecular formula is C13H21N3O2S. The van der Waals surface area contributed by atoms with Gasteiger partial charge in [0.1, 0.15) is 0 Å². The topological polar surface area (TPSA) is 62.3 Å². The summed E-state index contributed by atoms with van der Waals surface area (Å²) in [5, 5.41) is 5.05. The van der Waals surface area contributed by atoms with Crippen LogP contribution >= 0.6 is 11.3 Å². The van der Waals surface area contributed by atoms with Crippen molar-refractivity contribution in [1.29, 1.82) is 0 Å². The Kier molecular flexibility index (Phi) is 7.10. The lowest BCUT2D eigenvalue weighted by Gasteiger charge is -2.20. The van der Waals surface area contributed by atoms with Crippen LogP contribution in [0, 0.1) is 0 Å². The minimum atomic E-state index is -0.194. The van der Waals surface area contributed by atoms with Crippen molar-refractivity contribution in [3.8, 4) is 0 Å². The molecule has 1 aromatic rings. The van der Waals surface area contributed by atoms with Gasteiger partial charge in [0.05, 0.1) is 6.54 Å². The molecule has 1 N–H and O–H groups in total. The van der Waals surface area contributed by atoms with E-state index in [9.17, 15) is 9.59 Å². The number of nitrogens with zero attached hydrogens (tertiary/aromatic N) is 2. The summed E-state index contributed by atoms with van der Waals surface area (Å²) in [6.07, 6.45) is 5.99. The summed E-state index contributed by atoms with van der Waals surface area (Å²) in [6, 6.07) is 0. The van der Waals surface area contributed by atoms with Crippen molar-refractivity contribution >= 4 is 28.3 Å². The van der Waals surface area contributed by atoms with E-state index < -0.39 is 0 Å². The number of nitrogens with one attached hydrogen (secondary N) is 1. The fourth-order valence-corrected chi connectivity index (χ4v) is 2.24. The number of aromatic nitrogens is 1. The third-order valence-corrected chi connectivity index (χ3v) is 3.43. The maximum absolute atomic E-state index is 11.8. The van der Waals surface area contributed by atoms with Gasteiger partial charge in [-0.3, -0.25) is 9.59 Å². The fraction of sp³-hybridized carbons (Fsp3) is 0.615. The molecule has 0 saturated heterocycles. The van der Waals surface area contributed by atoms with E-state index in [0.717, 1.165) is 25.7 Å². The molecule has 0 spiro atoms. The van der Waals surface area contributed by atoms with Crippen LogP contribution in [0.4, 0.5) is 5.13 Å². The monoisotopic (exact) mass is 283 g/mol. The summed E-state index contributed by atoms with van der Waals surface area (Å²) < 4.78 is 0. The summed E-state index contributed by atoms with van der Waals surface area (Å²) in [4.78, 5) is 28.8. The number of carbonyl (C=O) groups excluding carboxylic acids is 2. The van der Waals surface area contributed by atoms with Crippen molar-refractivity contribution < 1.29 is 9.59 Å². The molecule has 5 nitrogen and oxygen atoms in total. The van der Waals surface area contributed by atoms with Gasteiger partial charge in [0.25, 0.3) is 0 Å². The quantitative estimate of drug-likeness (QED) is 0.746. The van der Waals surface area contributed by atoms with E-state index in [-0.39, 0.29) is 18.4 Å². The summed E-state index contributed by atoms with van der Waals surface area (Å²) in [7, 11) is 0. The maximum atomic E-state index is 11.8. The predicted octanol–water partition coefficient (Wildman–Crippen LogP) is 2.51. The Morgan fingerprint density at radius 3 is 2.74 bits per heavy atom. The molecule has 0 unspecified atom stereocenters. The zero-order chi connectivity index (χ0) is 14.1. The zero-order valence-electron chi connectivity index (χ0n) is 11.5. The molecule has 19 heavy (non-hydrogen) atoms. The smallest absolute Gasteiger partial charge is 0.245 e. The molecule has 0 atom stereocenters. The largest absolute Gasteiger partial charge is 0.334 e. The van der Waals surface area contributed by atoms with E-state index in [1.165, 1.54) is 18.3 Å². The molecule has 0 aliphatic heterocycles. The van der Waals surface area contributed by atoms with Crippen LogP contribution in [0.1, 0.15) is 39.5 Å². The lowest BCUT2D eigenvalue weighted by Crippen LogP contribution is -2.37. The molecule has 2 amide bonds. The molecule has 0 aliphatic carbocycles. The molecule has 1 aromatic heterocycles. The van der Waals surface area contributed by atoms with Gasteiger partial charge in [0, 0.05) is 25.0 Å². The van der Waals surface area contributed by atoms with Gasteiger partial charge in [-0.15, -0.1) is 11.3 Å². The second kappa shape index (κ2) is 8.63. The molecule has 0 bridgehead atoms. The van der Waals surface area contributed by atoms with Crippen molar-refractivity contribution in [2.75, 3.05) is 18.4 Å². The van der Waals surface area contributed by atoms with E-state index in [1.807, 2.05) is 0 Å². The fourth-order valence-electron chi connectivity index (χ4n) is 1.69. The van der Waals surface area contributed by atoms with Gasteiger partial charge >= 0.3 is 0 Å². The van der Waals surface area contributed by atoms with Crippen LogP contribution in [-0.4, -0.2) is 34.8 Å². The van der Waals surface area contributed by atoms with Gasteiger partial charge in [-0.1, -0.05) is 26.2 Å². The molecule has 0 aromatic carbocycles. The minimum absolute atomic E-state index is 0.0641. The standard InChI is InChI=1S/C13H21N3O2S/c1-3-4-5-6-8-16(11(2)17)10-12(18)15-13-14-7-9-19-13/h7,9H,3-6,8,10H2,1-2H3,(H,14,15,18). The summed E-state index contributed by atoms with van der Waals surface area (Å²) in [5.41, 5.74) is 0. The highest BCUT2D eigenvalue weighted by Crippen LogP contribution is 2.10. The molecule has 0 fully saturated rings. The lowest BCUT2D eigenvalue weighted by molar-refractivity contribution is -0.132. The Labute approximate surface area is 118 Å². The number of hydrogen-bond donors (Lipinski definition) is 1. The van der Waals surface area contributed by atoms with Gasteiger partial charge in [-0.25, -0.2) is 4.98 Å². The highest BCUT2D eigenvalue weighted by Gasteiger charge is 2.13. The molecular weight excluding hydrogens is 262 g/mol. The van der Waals surface area contributed by atoms with Crippen molar-refractivity contribution in [3.63, 3.8) is 0 Å². The second-order valence-corrected chi connectivity index (χ2v) is 5.28. The normalized spacial score (nSPS) is 10.2. The first-order chi connectivity index (χ1) is 9.13. The summed E-state index contributed by atoms with van der Waals surface area (Å²) in [6.45, 7) is 4.38. The van der Waals surface area contributed by atoms with Crippen LogP contribution in [0.3, 0.4) is 0 Å². The van der Waals surface area contributed by atoms with Crippen LogP contribution in [-0.2, 0) is 9.59 Å². The van der Waals surface area contributed by atoms with E-state index >= 15 is 0 Å². The molecule has 0 aliphatic rings. The van der Waals surface area contributed by atoms with E-state index in [1.54, 1.807) is 16.5 Å². The lowest BCUT2D eigenvalue weighted by atomic mass is 10.2. The Morgan fingerprint density at radius 2 is 2.16 bits per heavy atom. The van der Waals surface area contributed by atoms with Crippen LogP contribution in [0.5, 0.6) is 0 Å². The number of unbranched alkanes of at least 4 members (excludes halogenated alkanes) is 3. The molecule has 106 valence electrons. The third kappa shape index (κ3) is 6.33. The molecule has 1 rings (SSSR count). The Balaban J connectivity index is 2.35. The second-order valence-electron chi connectivity index (χ2n) is 4.39. The van der Waals surface area contributed by atoms with Crippen LogP contribution < -0.4 is 5.32 Å². The number of carbonyl (C=O) groups is 2. The van der Waals surface area contributed by atoms with Gasteiger partial charge < -0.3 is 10.2 Å². The Morgan fingerprint density at radius 1 is 1.37 bits per heavy atom. The first-order valence-corrected chi connectivity index (χ1v) is 7.46.